The van der Waals surface area contributed by atoms with Crippen LogP contribution in [0.1, 0.15) is 64.7 Å². The van der Waals surface area contributed by atoms with Crippen molar-refractivity contribution in [2.24, 2.45) is 11.8 Å². The van der Waals surface area contributed by atoms with E-state index in [1.54, 1.807) is 0 Å². The van der Waals surface area contributed by atoms with E-state index in [-0.39, 0.29) is 23.9 Å². The van der Waals surface area contributed by atoms with Gasteiger partial charge in [-0.1, -0.05) is 38.3 Å². The fourth-order valence-electron chi connectivity index (χ4n) is 3.95. The minimum atomic E-state index is -0.427. The van der Waals surface area contributed by atoms with E-state index in [0.29, 0.717) is 12.8 Å². The molecule has 5 heteroatoms. The van der Waals surface area contributed by atoms with E-state index in [1.807, 2.05) is 12.2 Å². The number of aliphatic hydroxyl groups excluding tert-OH is 2. The Hall–Kier alpha value is -1.33. The Morgan fingerprint density at radius 2 is 2.19 bits per heavy atom. The second-order valence-corrected chi connectivity index (χ2v) is 7.49. The van der Waals surface area contributed by atoms with Gasteiger partial charge in [0.2, 0.25) is 0 Å². The smallest absolute Gasteiger partial charge is 0.305 e. The summed E-state index contributed by atoms with van der Waals surface area (Å²) in [6.45, 7) is 2.15. The van der Waals surface area contributed by atoms with E-state index in [4.69, 9.17) is 4.74 Å². The van der Waals surface area contributed by atoms with Crippen LogP contribution in [0.3, 0.4) is 0 Å². The van der Waals surface area contributed by atoms with E-state index in [1.165, 1.54) is 7.11 Å². The largest absolute Gasteiger partial charge is 0.495 e. The number of carbonyl (C=O) groups is 1. The fraction of sp³-hybridized carbons (Fsp3) is 0.762. The van der Waals surface area contributed by atoms with Gasteiger partial charge in [-0.2, -0.15) is 0 Å². The summed E-state index contributed by atoms with van der Waals surface area (Å²) in [4.78, 5) is 11.1. The lowest BCUT2D eigenvalue weighted by Gasteiger charge is -2.16. The van der Waals surface area contributed by atoms with Crippen molar-refractivity contribution in [1.82, 2.24) is 0 Å². The monoisotopic (exact) mass is 366 g/mol. The van der Waals surface area contributed by atoms with Crippen LogP contribution >= 0.6 is 0 Å². The van der Waals surface area contributed by atoms with E-state index in [9.17, 15) is 15.0 Å². The molecule has 1 aliphatic heterocycles. The first-order chi connectivity index (χ1) is 12.5. The third-order valence-electron chi connectivity index (χ3n) is 5.47. The number of ether oxygens (including phenoxy) is 2. The summed E-state index contributed by atoms with van der Waals surface area (Å²) in [6, 6.07) is 0. The number of hydrogen-bond acceptors (Lipinski definition) is 5. The van der Waals surface area contributed by atoms with Crippen LogP contribution in [0.2, 0.25) is 0 Å². The predicted octanol–water partition coefficient (Wildman–Crippen LogP) is 3.50. The molecule has 0 radical (unpaired) electrons. The Kier molecular flexibility index (Phi) is 8.66. The summed E-state index contributed by atoms with van der Waals surface area (Å²) in [5, 5.41) is 20.4. The van der Waals surface area contributed by atoms with Crippen molar-refractivity contribution >= 4 is 5.97 Å². The van der Waals surface area contributed by atoms with E-state index in [0.717, 1.165) is 50.7 Å². The van der Waals surface area contributed by atoms with Gasteiger partial charge in [0.25, 0.3) is 0 Å². The zero-order chi connectivity index (χ0) is 18.9. The summed E-state index contributed by atoms with van der Waals surface area (Å²) in [5.41, 5.74) is 0. The molecule has 5 atom stereocenters. The van der Waals surface area contributed by atoms with Crippen LogP contribution in [0.25, 0.3) is 0 Å². The molecule has 1 heterocycles. The highest BCUT2D eigenvalue weighted by atomic mass is 16.5. The molecule has 148 valence electrons. The summed E-state index contributed by atoms with van der Waals surface area (Å²) >= 11 is 0. The Labute approximate surface area is 157 Å². The summed E-state index contributed by atoms with van der Waals surface area (Å²) in [7, 11) is 1.40. The second kappa shape index (κ2) is 10.7. The van der Waals surface area contributed by atoms with E-state index in [2.05, 4.69) is 17.7 Å². The topological polar surface area (TPSA) is 76.0 Å². The van der Waals surface area contributed by atoms with Crippen molar-refractivity contribution in [3.63, 3.8) is 0 Å². The van der Waals surface area contributed by atoms with Crippen LogP contribution in [0.4, 0.5) is 0 Å². The number of methoxy groups -OCH3 is 1. The van der Waals surface area contributed by atoms with Gasteiger partial charge in [-0.25, -0.2) is 0 Å². The predicted molar refractivity (Wildman–Crippen MR) is 100 cm³/mol. The molecule has 1 saturated heterocycles. The average Bonchev–Trinajstić information content (AvgIpc) is 3.13. The van der Waals surface area contributed by atoms with Crippen molar-refractivity contribution in [3.8, 4) is 0 Å². The molecule has 0 aromatic rings. The highest BCUT2D eigenvalue weighted by Gasteiger charge is 2.46. The molecule has 0 spiro atoms. The number of unbranched alkanes of at least 4 members (excludes halogenated alkanes) is 3. The van der Waals surface area contributed by atoms with Gasteiger partial charge < -0.3 is 19.7 Å². The van der Waals surface area contributed by atoms with Gasteiger partial charge in [0, 0.05) is 31.1 Å². The molecular weight excluding hydrogens is 332 g/mol. The SMILES string of the molecule is CCCCC[C@@H](O)/C=C/C1[C@H](O)C[C@@H]2O/C(=C\CCCC(=O)OC)C[C@H]12. The van der Waals surface area contributed by atoms with Crippen LogP contribution in [-0.2, 0) is 14.3 Å². The third-order valence-corrected chi connectivity index (χ3v) is 5.47. The number of carbonyl (C=O) groups excluding carboxylic acids is 1. The van der Waals surface area contributed by atoms with Crippen molar-refractivity contribution in [2.75, 3.05) is 7.11 Å². The van der Waals surface area contributed by atoms with Gasteiger partial charge in [-0.15, -0.1) is 0 Å². The first-order valence-corrected chi connectivity index (χ1v) is 10.0. The van der Waals surface area contributed by atoms with Crippen molar-refractivity contribution in [1.29, 1.82) is 0 Å². The number of aliphatic hydroxyl groups is 2. The molecule has 2 N–H and O–H groups in total. The van der Waals surface area contributed by atoms with Crippen LogP contribution in [-0.4, -0.2) is 41.6 Å². The van der Waals surface area contributed by atoms with Crippen LogP contribution < -0.4 is 0 Å². The van der Waals surface area contributed by atoms with Gasteiger partial charge in [-0.05, 0) is 25.3 Å². The lowest BCUT2D eigenvalue weighted by molar-refractivity contribution is -0.140. The zero-order valence-corrected chi connectivity index (χ0v) is 16.1. The first kappa shape index (κ1) is 21.0. The van der Waals surface area contributed by atoms with Gasteiger partial charge in [-0.3, -0.25) is 4.79 Å². The lowest BCUT2D eigenvalue weighted by atomic mass is 9.90. The zero-order valence-electron chi connectivity index (χ0n) is 16.1. The Bertz CT molecular complexity index is 499. The van der Waals surface area contributed by atoms with E-state index >= 15 is 0 Å². The maximum absolute atomic E-state index is 11.1. The minimum absolute atomic E-state index is 0.0433. The molecule has 2 fully saturated rings. The van der Waals surface area contributed by atoms with Crippen molar-refractivity contribution in [3.05, 3.63) is 24.0 Å². The minimum Gasteiger partial charge on any atom is -0.495 e. The number of rotatable bonds is 10. The quantitative estimate of drug-likeness (QED) is 0.352. The third kappa shape index (κ3) is 6.13. The first-order valence-electron chi connectivity index (χ1n) is 10.0. The Morgan fingerprint density at radius 3 is 2.92 bits per heavy atom. The molecule has 1 saturated carbocycles. The molecule has 0 aromatic heterocycles. The van der Waals surface area contributed by atoms with Gasteiger partial charge in [0.1, 0.15) is 6.10 Å². The number of hydrogen-bond donors (Lipinski definition) is 2. The van der Waals surface area contributed by atoms with Gasteiger partial charge >= 0.3 is 5.97 Å². The molecule has 1 aliphatic carbocycles. The second-order valence-electron chi connectivity index (χ2n) is 7.49. The Morgan fingerprint density at radius 1 is 1.38 bits per heavy atom. The maximum Gasteiger partial charge on any atom is 0.305 e. The van der Waals surface area contributed by atoms with E-state index < -0.39 is 12.2 Å². The number of fused-ring (bicyclic) bond motifs is 1. The highest BCUT2D eigenvalue weighted by Crippen LogP contribution is 2.45. The average molecular weight is 366 g/mol. The maximum atomic E-state index is 11.1. The molecule has 5 nitrogen and oxygen atoms in total. The lowest BCUT2D eigenvalue weighted by Crippen LogP contribution is -2.18. The number of allylic oxidation sites excluding steroid dienone is 2. The van der Waals surface area contributed by atoms with Gasteiger partial charge in [0.05, 0.1) is 25.1 Å². The summed E-state index contributed by atoms with van der Waals surface area (Å²) in [5.74, 6) is 1.11. The van der Waals surface area contributed by atoms with Crippen molar-refractivity contribution < 1.29 is 24.5 Å². The molecule has 26 heavy (non-hydrogen) atoms. The molecule has 1 unspecified atom stereocenters. The normalized spacial score (nSPS) is 30.5. The van der Waals surface area contributed by atoms with Crippen molar-refractivity contribution in [2.45, 2.75) is 83.0 Å². The summed E-state index contributed by atoms with van der Waals surface area (Å²) < 4.78 is 10.6. The fourth-order valence-corrected chi connectivity index (χ4v) is 3.95. The molecule has 2 aliphatic rings. The number of esters is 1. The van der Waals surface area contributed by atoms with Crippen LogP contribution in [0, 0.1) is 11.8 Å². The molecule has 2 rings (SSSR count). The molecule has 0 amide bonds. The molecule has 0 bridgehead atoms. The standard InChI is InChI=1S/C21H34O5/c1-3-4-5-8-15(22)11-12-17-18-13-16(26-20(18)14-19(17)23)9-6-7-10-21(24)25-2/h9,11-12,15,17-20,22-23H,3-8,10,13-14H2,1-2H3/b12-11+,16-9-/t15-,17?,18-,19-,20+/m1/s1. The van der Waals surface area contributed by atoms with Crippen LogP contribution in [0.5, 0.6) is 0 Å². The molecular formula is C21H34O5. The highest BCUT2D eigenvalue weighted by molar-refractivity contribution is 5.69. The van der Waals surface area contributed by atoms with Crippen LogP contribution in [0.15, 0.2) is 24.0 Å². The molecule has 0 aromatic carbocycles. The Balaban J connectivity index is 1.81. The summed E-state index contributed by atoms with van der Waals surface area (Å²) in [6.07, 6.45) is 12.7. The van der Waals surface area contributed by atoms with Gasteiger partial charge in [0.15, 0.2) is 0 Å².